The zero-order chi connectivity index (χ0) is 20.2. The summed E-state index contributed by atoms with van der Waals surface area (Å²) < 4.78 is 9.95. The van der Waals surface area contributed by atoms with E-state index in [-0.39, 0.29) is 5.97 Å². The van der Waals surface area contributed by atoms with Gasteiger partial charge in [-0.2, -0.15) is 0 Å². The second kappa shape index (κ2) is 7.38. The molecule has 4 rings (SSSR count). The lowest BCUT2D eigenvalue weighted by Gasteiger charge is -2.31. The van der Waals surface area contributed by atoms with Crippen LogP contribution in [-0.4, -0.2) is 5.97 Å². The lowest BCUT2D eigenvalue weighted by Crippen LogP contribution is -2.30. The molecule has 28 heavy (non-hydrogen) atoms. The molecular weight excluding hydrogens is 616 g/mol. The van der Waals surface area contributed by atoms with E-state index in [4.69, 9.17) is 4.74 Å². The second-order valence-electron chi connectivity index (χ2n) is 6.75. The fourth-order valence-corrected chi connectivity index (χ4v) is 5.88. The molecule has 0 N–H and O–H groups in total. The summed E-state index contributed by atoms with van der Waals surface area (Å²) in [6, 6.07) is 15.7. The van der Waals surface area contributed by atoms with Gasteiger partial charge in [0, 0.05) is 34.6 Å². The number of carbonyl (C=O) groups is 1. The number of halogens is 4. The highest BCUT2D eigenvalue weighted by molar-refractivity contribution is 9.11. The second-order valence-corrected chi connectivity index (χ2v) is 10.2. The highest BCUT2D eigenvalue weighted by atomic mass is 79.9. The van der Waals surface area contributed by atoms with Crippen molar-refractivity contribution in [1.29, 1.82) is 0 Å². The first-order chi connectivity index (χ1) is 13.3. The van der Waals surface area contributed by atoms with Gasteiger partial charge in [0.1, 0.15) is 0 Å². The number of benzene rings is 3. The van der Waals surface area contributed by atoms with Crippen molar-refractivity contribution in [2.24, 2.45) is 0 Å². The topological polar surface area (TPSA) is 26.3 Å². The Kier molecular flexibility index (Phi) is 5.36. The van der Waals surface area contributed by atoms with Gasteiger partial charge in [-0.05, 0) is 55.3 Å². The summed E-state index contributed by atoms with van der Waals surface area (Å²) in [5, 5.41) is 0. The number of rotatable bonds is 2. The van der Waals surface area contributed by atoms with Crippen molar-refractivity contribution in [3.8, 4) is 0 Å². The Labute approximate surface area is 197 Å². The predicted molar refractivity (Wildman–Crippen MR) is 125 cm³/mol. The standard InChI is InChI=1S/C22H14Br4O2/c1-11-17(23)7-13(8-18(11)24)22(14-9-19(25)12(2)20(26)10-14)16-6-4-3-5-15(16)21(27)28-22/h3-10H,1-2H3. The highest BCUT2D eigenvalue weighted by Gasteiger charge is 2.49. The van der Waals surface area contributed by atoms with Crippen molar-refractivity contribution < 1.29 is 9.53 Å². The molecule has 0 aromatic heterocycles. The number of cyclic esters (lactones) is 1. The fraction of sp³-hybridized carbons (Fsp3) is 0.136. The van der Waals surface area contributed by atoms with E-state index in [1.54, 1.807) is 0 Å². The lowest BCUT2D eigenvalue weighted by atomic mass is 9.79. The summed E-state index contributed by atoms with van der Waals surface area (Å²) in [5.74, 6) is -0.323. The van der Waals surface area contributed by atoms with Crippen LogP contribution in [0.25, 0.3) is 0 Å². The largest absolute Gasteiger partial charge is 0.441 e. The van der Waals surface area contributed by atoms with Crippen LogP contribution in [0.2, 0.25) is 0 Å². The summed E-state index contributed by atoms with van der Waals surface area (Å²) in [6.45, 7) is 4.05. The van der Waals surface area contributed by atoms with Crippen LogP contribution in [0, 0.1) is 13.8 Å². The fourth-order valence-electron chi connectivity index (χ4n) is 3.51. The number of esters is 1. The first kappa shape index (κ1) is 20.3. The summed E-state index contributed by atoms with van der Waals surface area (Å²) in [7, 11) is 0. The first-order valence-corrected chi connectivity index (χ1v) is 11.7. The van der Waals surface area contributed by atoms with Crippen molar-refractivity contribution in [1.82, 2.24) is 0 Å². The minimum Gasteiger partial charge on any atom is -0.441 e. The summed E-state index contributed by atoms with van der Waals surface area (Å²) in [4.78, 5) is 12.8. The van der Waals surface area contributed by atoms with E-state index < -0.39 is 5.60 Å². The molecule has 142 valence electrons. The Balaban J connectivity index is 2.12. The van der Waals surface area contributed by atoms with Crippen LogP contribution >= 0.6 is 63.7 Å². The third kappa shape index (κ3) is 3.04. The molecule has 6 heteroatoms. The van der Waals surface area contributed by atoms with Crippen LogP contribution < -0.4 is 0 Å². The minimum absolute atomic E-state index is 0.323. The Bertz CT molecular complexity index is 1030. The highest BCUT2D eigenvalue weighted by Crippen LogP contribution is 2.49. The predicted octanol–water partition coefficient (Wildman–Crippen LogP) is 7.82. The molecule has 1 aliphatic heterocycles. The van der Waals surface area contributed by atoms with Crippen LogP contribution in [0.5, 0.6) is 0 Å². The van der Waals surface area contributed by atoms with Gasteiger partial charge in [0.2, 0.25) is 0 Å². The van der Waals surface area contributed by atoms with Crippen LogP contribution in [0.15, 0.2) is 66.4 Å². The average Bonchev–Trinajstić information content (AvgIpc) is 2.97. The average molecular weight is 630 g/mol. The van der Waals surface area contributed by atoms with Crippen LogP contribution in [-0.2, 0) is 10.3 Å². The Morgan fingerprint density at radius 3 is 1.64 bits per heavy atom. The molecule has 0 amide bonds. The third-order valence-corrected chi connectivity index (χ3v) is 8.44. The van der Waals surface area contributed by atoms with E-state index in [1.165, 1.54) is 0 Å². The molecule has 0 saturated carbocycles. The van der Waals surface area contributed by atoms with Crippen LogP contribution in [0.4, 0.5) is 0 Å². The molecule has 3 aromatic rings. The molecule has 2 nitrogen and oxygen atoms in total. The summed E-state index contributed by atoms with van der Waals surface area (Å²) >= 11 is 14.6. The molecule has 0 saturated heterocycles. The van der Waals surface area contributed by atoms with Gasteiger partial charge < -0.3 is 4.74 Å². The first-order valence-electron chi connectivity index (χ1n) is 8.51. The Hall–Kier alpha value is -0.950. The minimum atomic E-state index is -1.04. The molecule has 1 aliphatic rings. The maximum absolute atomic E-state index is 12.8. The van der Waals surface area contributed by atoms with Crippen molar-refractivity contribution in [3.05, 3.63) is 99.8 Å². The van der Waals surface area contributed by atoms with Gasteiger partial charge in [0.15, 0.2) is 5.60 Å². The van der Waals surface area contributed by atoms with E-state index in [1.807, 2.05) is 62.4 Å². The quantitative estimate of drug-likeness (QED) is 0.270. The van der Waals surface area contributed by atoms with Crippen molar-refractivity contribution in [3.63, 3.8) is 0 Å². The number of hydrogen-bond donors (Lipinski definition) is 0. The van der Waals surface area contributed by atoms with Crippen molar-refractivity contribution in [2.45, 2.75) is 19.4 Å². The van der Waals surface area contributed by atoms with Gasteiger partial charge in [0.25, 0.3) is 0 Å². The number of carbonyl (C=O) groups excluding carboxylic acids is 1. The van der Waals surface area contributed by atoms with Crippen LogP contribution in [0.1, 0.15) is 38.2 Å². The van der Waals surface area contributed by atoms with E-state index in [9.17, 15) is 4.79 Å². The number of hydrogen-bond acceptors (Lipinski definition) is 2. The van der Waals surface area contributed by atoms with Crippen LogP contribution in [0.3, 0.4) is 0 Å². The maximum Gasteiger partial charge on any atom is 0.340 e. The van der Waals surface area contributed by atoms with E-state index in [0.717, 1.165) is 45.7 Å². The van der Waals surface area contributed by atoms with E-state index in [2.05, 4.69) is 63.7 Å². The normalized spacial score (nSPS) is 14.7. The maximum atomic E-state index is 12.8. The number of fused-ring (bicyclic) bond motifs is 1. The van der Waals surface area contributed by atoms with E-state index in [0.29, 0.717) is 5.56 Å². The van der Waals surface area contributed by atoms with Gasteiger partial charge in [0.05, 0.1) is 5.56 Å². The molecule has 0 aliphatic carbocycles. The van der Waals surface area contributed by atoms with E-state index >= 15 is 0 Å². The lowest BCUT2D eigenvalue weighted by molar-refractivity contribution is 0.0251. The molecule has 0 unspecified atom stereocenters. The number of ether oxygens (including phenoxy) is 1. The van der Waals surface area contributed by atoms with Gasteiger partial charge in [-0.15, -0.1) is 0 Å². The Morgan fingerprint density at radius 1 is 0.750 bits per heavy atom. The smallest absolute Gasteiger partial charge is 0.340 e. The summed E-state index contributed by atoms with van der Waals surface area (Å²) in [5.41, 5.74) is 4.31. The van der Waals surface area contributed by atoms with Crippen molar-refractivity contribution in [2.75, 3.05) is 0 Å². The SMILES string of the molecule is Cc1c(Br)cc(C2(c3cc(Br)c(C)c(Br)c3)OC(=O)c3ccccc32)cc1Br. The molecule has 0 atom stereocenters. The summed E-state index contributed by atoms with van der Waals surface area (Å²) in [6.07, 6.45) is 0. The molecular formula is C22H14Br4O2. The molecule has 0 fully saturated rings. The molecule has 0 bridgehead atoms. The van der Waals surface area contributed by atoms with Crippen molar-refractivity contribution >= 4 is 69.7 Å². The zero-order valence-corrected chi connectivity index (χ0v) is 21.3. The van der Waals surface area contributed by atoms with Gasteiger partial charge in [-0.3, -0.25) is 0 Å². The molecule has 0 radical (unpaired) electrons. The molecule has 1 heterocycles. The van der Waals surface area contributed by atoms with Gasteiger partial charge in [-0.25, -0.2) is 4.79 Å². The molecule has 0 spiro atoms. The Morgan fingerprint density at radius 2 is 1.18 bits per heavy atom. The molecule has 3 aromatic carbocycles. The zero-order valence-electron chi connectivity index (χ0n) is 14.9. The monoisotopic (exact) mass is 626 g/mol. The third-order valence-electron chi connectivity index (χ3n) is 5.15. The van der Waals surface area contributed by atoms with Gasteiger partial charge in [-0.1, -0.05) is 81.9 Å². The van der Waals surface area contributed by atoms with Gasteiger partial charge >= 0.3 is 5.97 Å².